The van der Waals surface area contributed by atoms with Gasteiger partial charge < -0.3 is 16.4 Å². The summed E-state index contributed by atoms with van der Waals surface area (Å²) in [5.41, 5.74) is 7.49. The Hall–Kier alpha value is -3.47. The van der Waals surface area contributed by atoms with Crippen LogP contribution in [0.25, 0.3) is 0 Å². The zero-order chi connectivity index (χ0) is 22.4. The molecule has 0 bridgehead atoms. The molecule has 158 valence electrons. The van der Waals surface area contributed by atoms with Crippen LogP contribution < -0.4 is 16.4 Å². The number of para-hydroxylation sites is 1. The van der Waals surface area contributed by atoms with Gasteiger partial charge in [0.05, 0.1) is 9.85 Å². The predicted octanol–water partition coefficient (Wildman–Crippen LogP) is 4.22. The Kier molecular flexibility index (Phi) is 7.48. The molecule has 0 aliphatic heterocycles. The maximum absolute atomic E-state index is 11.4. The molecule has 0 unspecified atom stereocenters. The second kappa shape index (κ2) is 9.83. The zero-order valence-corrected chi connectivity index (χ0v) is 17.9. The van der Waals surface area contributed by atoms with Gasteiger partial charge in [0, 0.05) is 35.3 Å². The lowest BCUT2D eigenvalue weighted by Crippen LogP contribution is -2.14. The minimum absolute atomic E-state index is 0.0492. The molecule has 2 aromatic carbocycles. The van der Waals surface area contributed by atoms with Gasteiger partial charge in [-0.1, -0.05) is 17.2 Å². The van der Waals surface area contributed by atoms with Crippen molar-refractivity contribution in [2.75, 3.05) is 23.7 Å². The van der Waals surface area contributed by atoms with E-state index in [1.807, 2.05) is 13.8 Å². The first-order chi connectivity index (χ1) is 14.1. The highest BCUT2D eigenvalue weighted by molar-refractivity contribution is 9.10. The first kappa shape index (κ1) is 22.8. The van der Waals surface area contributed by atoms with E-state index in [-0.39, 0.29) is 29.2 Å². The van der Waals surface area contributed by atoms with E-state index in [0.29, 0.717) is 16.7 Å². The number of carbonyl (C=O) groups is 1. The zero-order valence-electron chi connectivity index (χ0n) is 16.3. The number of hydrogen-bond acceptors (Lipinski definition) is 7. The highest BCUT2D eigenvalue weighted by Crippen LogP contribution is 2.32. The normalized spacial score (nSPS) is 11.4. The fourth-order valence-electron chi connectivity index (χ4n) is 2.58. The molecule has 0 aliphatic rings. The first-order valence-electron chi connectivity index (χ1n) is 8.76. The van der Waals surface area contributed by atoms with E-state index in [0.717, 1.165) is 11.1 Å². The Bertz CT molecular complexity index is 1040. The van der Waals surface area contributed by atoms with Gasteiger partial charge in [-0.3, -0.25) is 25.0 Å². The van der Waals surface area contributed by atoms with Crippen LogP contribution in [0.3, 0.4) is 0 Å². The van der Waals surface area contributed by atoms with Crippen molar-refractivity contribution >= 4 is 44.6 Å². The predicted molar refractivity (Wildman–Crippen MR) is 118 cm³/mol. The molecule has 0 saturated heterocycles. The standard InChI is InChI=1S/C19H20BrN5O5/c1-11(9-22-15-8-13(19(21)26)6-7-16(15)24(27)28)12(2)10-23-18-14(20)4-3-5-17(18)25(29)30/h3-8,22-23H,9-10H2,1-2H3,(H2,21,26)/b12-11+. The fraction of sp³-hybridized carbons (Fsp3) is 0.211. The highest BCUT2D eigenvalue weighted by Gasteiger charge is 2.17. The summed E-state index contributed by atoms with van der Waals surface area (Å²) in [6, 6.07) is 8.55. The Morgan fingerprint density at radius 3 is 2.17 bits per heavy atom. The molecule has 2 rings (SSSR count). The lowest BCUT2D eigenvalue weighted by Gasteiger charge is -2.13. The van der Waals surface area contributed by atoms with Crippen LogP contribution in [0.4, 0.5) is 22.7 Å². The summed E-state index contributed by atoms with van der Waals surface area (Å²) < 4.78 is 0.569. The molecule has 4 N–H and O–H groups in total. The van der Waals surface area contributed by atoms with Crippen molar-refractivity contribution < 1.29 is 14.6 Å². The van der Waals surface area contributed by atoms with Crippen molar-refractivity contribution in [1.82, 2.24) is 0 Å². The molecule has 10 nitrogen and oxygen atoms in total. The van der Waals surface area contributed by atoms with Crippen molar-refractivity contribution in [1.29, 1.82) is 0 Å². The minimum atomic E-state index is -0.685. The van der Waals surface area contributed by atoms with Crippen LogP contribution >= 0.6 is 15.9 Å². The molecule has 2 aromatic rings. The minimum Gasteiger partial charge on any atom is -0.376 e. The molecule has 0 atom stereocenters. The smallest absolute Gasteiger partial charge is 0.293 e. The van der Waals surface area contributed by atoms with Crippen LogP contribution in [0.5, 0.6) is 0 Å². The first-order valence-corrected chi connectivity index (χ1v) is 9.55. The molecule has 0 radical (unpaired) electrons. The Balaban J connectivity index is 2.15. The fourth-order valence-corrected chi connectivity index (χ4v) is 3.08. The van der Waals surface area contributed by atoms with Crippen LogP contribution in [0.15, 0.2) is 52.0 Å². The lowest BCUT2D eigenvalue weighted by atomic mass is 10.1. The van der Waals surface area contributed by atoms with E-state index in [9.17, 15) is 25.0 Å². The number of rotatable bonds is 9. The number of nitrogens with zero attached hydrogens (tertiary/aromatic N) is 2. The average molecular weight is 478 g/mol. The summed E-state index contributed by atoms with van der Waals surface area (Å²) in [6.45, 7) is 4.29. The maximum Gasteiger partial charge on any atom is 0.293 e. The number of nitrogens with one attached hydrogen (secondary N) is 2. The molecule has 0 spiro atoms. The number of primary amides is 1. The Morgan fingerprint density at radius 1 is 1.00 bits per heavy atom. The molecule has 0 fully saturated rings. The lowest BCUT2D eigenvalue weighted by molar-refractivity contribution is -0.384. The molecule has 0 saturated carbocycles. The van der Waals surface area contributed by atoms with E-state index < -0.39 is 15.8 Å². The van der Waals surface area contributed by atoms with E-state index in [2.05, 4.69) is 26.6 Å². The molecular formula is C19H20BrN5O5. The molecule has 30 heavy (non-hydrogen) atoms. The van der Waals surface area contributed by atoms with E-state index >= 15 is 0 Å². The summed E-state index contributed by atoms with van der Waals surface area (Å²) in [5, 5.41) is 28.4. The van der Waals surface area contributed by atoms with Crippen molar-refractivity contribution in [3.05, 3.63) is 77.8 Å². The second-order valence-electron chi connectivity index (χ2n) is 6.51. The molecule has 11 heteroatoms. The number of benzene rings is 2. The molecule has 0 aromatic heterocycles. The third kappa shape index (κ3) is 5.54. The third-order valence-corrected chi connectivity index (χ3v) is 5.13. The van der Waals surface area contributed by atoms with Gasteiger partial charge in [0.2, 0.25) is 5.91 Å². The van der Waals surface area contributed by atoms with Gasteiger partial charge in [-0.2, -0.15) is 0 Å². The van der Waals surface area contributed by atoms with Crippen LogP contribution in [0, 0.1) is 20.2 Å². The molecule has 0 aliphatic carbocycles. The number of nitrogens with two attached hydrogens (primary N) is 1. The van der Waals surface area contributed by atoms with Crippen molar-refractivity contribution in [2.45, 2.75) is 13.8 Å². The summed E-state index contributed by atoms with van der Waals surface area (Å²) in [7, 11) is 0. The van der Waals surface area contributed by atoms with E-state index in [1.165, 1.54) is 24.3 Å². The van der Waals surface area contributed by atoms with Crippen molar-refractivity contribution in [2.24, 2.45) is 5.73 Å². The van der Waals surface area contributed by atoms with Gasteiger partial charge in [0.25, 0.3) is 11.4 Å². The van der Waals surface area contributed by atoms with Crippen LogP contribution in [0.2, 0.25) is 0 Å². The summed E-state index contributed by atoms with van der Waals surface area (Å²) in [4.78, 5) is 32.8. The van der Waals surface area contributed by atoms with Gasteiger partial charge in [0.15, 0.2) is 0 Å². The van der Waals surface area contributed by atoms with Crippen LogP contribution in [-0.2, 0) is 0 Å². The summed E-state index contributed by atoms with van der Waals surface area (Å²) in [5.74, 6) is -0.685. The average Bonchev–Trinajstić information content (AvgIpc) is 2.69. The number of hydrogen-bond donors (Lipinski definition) is 3. The number of amides is 1. The van der Waals surface area contributed by atoms with Gasteiger partial charge in [0.1, 0.15) is 11.4 Å². The topological polar surface area (TPSA) is 153 Å². The molecule has 1 amide bonds. The number of halogens is 1. The van der Waals surface area contributed by atoms with Crippen molar-refractivity contribution in [3.63, 3.8) is 0 Å². The quantitative estimate of drug-likeness (QED) is 0.277. The SMILES string of the molecule is C/C(CNc1cc(C(N)=O)ccc1[N+](=O)[O-])=C(/C)CNc1c(Br)cccc1[N+](=O)[O-]. The second-order valence-corrected chi connectivity index (χ2v) is 7.37. The number of carbonyl (C=O) groups excluding carboxylic acids is 1. The molecular weight excluding hydrogens is 458 g/mol. The van der Waals surface area contributed by atoms with E-state index in [1.54, 1.807) is 12.1 Å². The van der Waals surface area contributed by atoms with Gasteiger partial charge in [-0.15, -0.1) is 0 Å². The Labute approximate surface area is 180 Å². The third-order valence-electron chi connectivity index (χ3n) is 4.47. The molecule has 0 heterocycles. The largest absolute Gasteiger partial charge is 0.376 e. The number of nitro groups is 2. The Morgan fingerprint density at radius 2 is 1.60 bits per heavy atom. The van der Waals surface area contributed by atoms with Gasteiger partial charge >= 0.3 is 0 Å². The number of anilines is 2. The number of nitro benzene ring substituents is 2. The van der Waals surface area contributed by atoms with Crippen molar-refractivity contribution in [3.8, 4) is 0 Å². The van der Waals surface area contributed by atoms with Crippen LogP contribution in [-0.4, -0.2) is 28.8 Å². The monoisotopic (exact) mass is 477 g/mol. The summed E-state index contributed by atoms with van der Waals surface area (Å²) >= 11 is 3.31. The van der Waals surface area contributed by atoms with Crippen LogP contribution in [0.1, 0.15) is 24.2 Å². The van der Waals surface area contributed by atoms with E-state index in [4.69, 9.17) is 5.73 Å². The van der Waals surface area contributed by atoms with Gasteiger partial charge in [-0.25, -0.2) is 0 Å². The summed E-state index contributed by atoms with van der Waals surface area (Å²) in [6.07, 6.45) is 0. The highest BCUT2D eigenvalue weighted by atomic mass is 79.9. The van der Waals surface area contributed by atoms with Gasteiger partial charge in [-0.05, 0) is 48.0 Å². The maximum atomic E-state index is 11.4.